The van der Waals surface area contributed by atoms with Gasteiger partial charge < -0.3 is 15.0 Å². The van der Waals surface area contributed by atoms with Crippen molar-refractivity contribution < 1.29 is 4.74 Å². The zero-order valence-corrected chi connectivity index (χ0v) is 13.6. The van der Waals surface area contributed by atoms with Gasteiger partial charge in [-0.25, -0.2) is 9.97 Å². The first-order valence-corrected chi connectivity index (χ1v) is 7.16. The van der Waals surface area contributed by atoms with Gasteiger partial charge in [0.05, 0.1) is 12.7 Å². The van der Waals surface area contributed by atoms with Crippen molar-refractivity contribution in [1.82, 2.24) is 15.3 Å². The van der Waals surface area contributed by atoms with E-state index in [-0.39, 0.29) is 11.6 Å². The van der Waals surface area contributed by atoms with Crippen LogP contribution in [-0.2, 0) is 11.3 Å². The second kappa shape index (κ2) is 7.55. The van der Waals surface area contributed by atoms with Crippen molar-refractivity contribution >= 4 is 5.95 Å². The molecule has 1 aromatic heterocycles. The van der Waals surface area contributed by atoms with Gasteiger partial charge in [-0.2, -0.15) is 0 Å². The van der Waals surface area contributed by atoms with Gasteiger partial charge in [0.25, 0.3) is 0 Å². The molecule has 0 bridgehead atoms. The summed E-state index contributed by atoms with van der Waals surface area (Å²) in [5, 5.41) is 3.42. The Balaban J connectivity index is 2.45. The first-order valence-electron chi connectivity index (χ1n) is 7.16. The van der Waals surface area contributed by atoms with Crippen LogP contribution in [-0.4, -0.2) is 41.8 Å². The van der Waals surface area contributed by atoms with Crippen LogP contribution < -0.4 is 10.2 Å². The van der Waals surface area contributed by atoms with E-state index in [1.807, 2.05) is 38.2 Å². The molecule has 20 heavy (non-hydrogen) atoms. The Kier molecular flexibility index (Phi) is 6.36. The van der Waals surface area contributed by atoms with Crippen molar-refractivity contribution in [3.8, 4) is 0 Å². The van der Waals surface area contributed by atoms with Crippen LogP contribution in [0.15, 0.2) is 12.4 Å². The SMILES string of the molecule is CC(C)OCCN(C)c1ncc(CNC(C)(C)C)cn1. The number of rotatable bonds is 7. The maximum absolute atomic E-state index is 5.53. The third-order valence-electron chi connectivity index (χ3n) is 2.73. The molecular formula is C15H28N4O. The number of aromatic nitrogens is 2. The summed E-state index contributed by atoms with van der Waals surface area (Å²) in [6.45, 7) is 12.8. The van der Waals surface area contributed by atoms with Crippen LogP contribution in [0, 0.1) is 0 Å². The number of hydrogen-bond acceptors (Lipinski definition) is 5. The Hall–Kier alpha value is -1.20. The maximum atomic E-state index is 5.53. The minimum atomic E-state index is 0.101. The molecule has 0 aliphatic carbocycles. The summed E-state index contributed by atoms with van der Waals surface area (Å²) in [6.07, 6.45) is 4.01. The van der Waals surface area contributed by atoms with Crippen molar-refractivity contribution in [2.75, 3.05) is 25.1 Å². The van der Waals surface area contributed by atoms with Crippen LogP contribution >= 0.6 is 0 Å². The Bertz CT molecular complexity index is 384. The lowest BCUT2D eigenvalue weighted by Crippen LogP contribution is -2.35. The van der Waals surface area contributed by atoms with Crippen LogP contribution in [0.5, 0.6) is 0 Å². The molecule has 114 valence electrons. The van der Waals surface area contributed by atoms with E-state index in [1.54, 1.807) is 0 Å². The second-order valence-corrected chi connectivity index (χ2v) is 6.34. The fourth-order valence-electron chi connectivity index (χ4n) is 1.53. The van der Waals surface area contributed by atoms with E-state index in [0.29, 0.717) is 6.61 Å². The van der Waals surface area contributed by atoms with Crippen molar-refractivity contribution in [2.45, 2.75) is 52.8 Å². The Morgan fingerprint density at radius 3 is 2.35 bits per heavy atom. The predicted molar refractivity (Wildman–Crippen MR) is 83.0 cm³/mol. The molecule has 0 fully saturated rings. The molecule has 1 rings (SSSR count). The van der Waals surface area contributed by atoms with E-state index in [1.165, 1.54) is 0 Å². The minimum absolute atomic E-state index is 0.101. The molecule has 0 saturated heterocycles. The van der Waals surface area contributed by atoms with Gasteiger partial charge >= 0.3 is 0 Å². The first-order chi connectivity index (χ1) is 9.28. The summed E-state index contributed by atoms with van der Waals surface area (Å²) in [5.41, 5.74) is 1.19. The van der Waals surface area contributed by atoms with E-state index in [2.05, 4.69) is 36.1 Å². The van der Waals surface area contributed by atoms with Gasteiger partial charge in [0, 0.05) is 43.6 Å². The van der Waals surface area contributed by atoms with Crippen molar-refractivity contribution in [1.29, 1.82) is 0 Å². The lowest BCUT2D eigenvalue weighted by atomic mass is 10.1. The van der Waals surface area contributed by atoms with Crippen LogP contribution in [0.1, 0.15) is 40.2 Å². The number of hydrogen-bond donors (Lipinski definition) is 1. The number of likely N-dealkylation sites (N-methyl/N-ethyl adjacent to an activating group) is 1. The number of nitrogens with zero attached hydrogens (tertiary/aromatic N) is 3. The van der Waals surface area contributed by atoms with Crippen molar-refractivity contribution in [3.05, 3.63) is 18.0 Å². The third-order valence-corrected chi connectivity index (χ3v) is 2.73. The van der Waals surface area contributed by atoms with Gasteiger partial charge in [0.2, 0.25) is 5.95 Å². The molecule has 0 aliphatic heterocycles. The highest BCUT2D eigenvalue weighted by molar-refractivity contribution is 5.28. The lowest BCUT2D eigenvalue weighted by molar-refractivity contribution is 0.0844. The van der Waals surface area contributed by atoms with Crippen LogP contribution in [0.4, 0.5) is 5.95 Å². The highest BCUT2D eigenvalue weighted by atomic mass is 16.5. The number of anilines is 1. The van der Waals surface area contributed by atoms with Gasteiger partial charge in [-0.05, 0) is 34.6 Å². The topological polar surface area (TPSA) is 50.3 Å². The fourth-order valence-corrected chi connectivity index (χ4v) is 1.53. The van der Waals surface area contributed by atoms with Gasteiger partial charge in [-0.3, -0.25) is 0 Å². The van der Waals surface area contributed by atoms with Crippen molar-refractivity contribution in [2.24, 2.45) is 0 Å². The molecule has 0 unspecified atom stereocenters. The van der Waals surface area contributed by atoms with Crippen molar-refractivity contribution in [3.63, 3.8) is 0 Å². The molecule has 5 nitrogen and oxygen atoms in total. The van der Waals surface area contributed by atoms with E-state index in [9.17, 15) is 0 Å². The first kappa shape index (κ1) is 16.9. The fraction of sp³-hybridized carbons (Fsp3) is 0.733. The normalized spacial score (nSPS) is 11.9. The molecular weight excluding hydrogens is 252 g/mol. The third kappa shape index (κ3) is 6.82. The van der Waals surface area contributed by atoms with E-state index >= 15 is 0 Å². The van der Waals surface area contributed by atoms with E-state index in [4.69, 9.17) is 4.74 Å². The standard InChI is InChI=1S/C15H28N4O/c1-12(2)20-8-7-19(6)14-16-9-13(10-17-14)11-18-15(3,4)5/h9-10,12,18H,7-8,11H2,1-6H3. The molecule has 0 saturated carbocycles. The monoisotopic (exact) mass is 280 g/mol. The highest BCUT2D eigenvalue weighted by Gasteiger charge is 2.09. The Morgan fingerprint density at radius 1 is 1.25 bits per heavy atom. The zero-order valence-electron chi connectivity index (χ0n) is 13.6. The average molecular weight is 280 g/mol. The molecule has 5 heteroatoms. The zero-order chi connectivity index (χ0) is 15.2. The highest BCUT2D eigenvalue weighted by Crippen LogP contribution is 2.07. The molecule has 1 N–H and O–H groups in total. The minimum Gasteiger partial charge on any atom is -0.377 e. The summed E-state index contributed by atoms with van der Waals surface area (Å²) in [5.74, 6) is 0.733. The summed E-state index contributed by atoms with van der Waals surface area (Å²) in [6, 6.07) is 0. The van der Waals surface area contributed by atoms with Gasteiger partial charge in [0.15, 0.2) is 0 Å². The molecule has 0 aliphatic rings. The largest absolute Gasteiger partial charge is 0.377 e. The van der Waals surface area contributed by atoms with Gasteiger partial charge in [-0.1, -0.05) is 0 Å². The average Bonchev–Trinajstić information content (AvgIpc) is 2.35. The number of ether oxygens (including phenoxy) is 1. The molecule has 0 radical (unpaired) electrons. The van der Waals surface area contributed by atoms with E-state index in [0.717, 1.165) is 24.6 Å². The second-order valence-electron chi connectivity index (χ2n) is 6.34. The summed E-state index contributed by atoms with van der Waals surface area (Å²) < 4.78 is 5.53. The summed E-state index contributed by atoms with van der Waals surface area (Å²) >= 11 is 0. The molecule has 1 heterocycles. The molecule has 0 aromatic carbocycles. The van der Waals surface area contributed by atoms with Crippen LogP contribution in [0.25, 0.3) is 0 Å². The van der Waals surface area contributed by atoms with E-state index < -0.39 is 0 Å². The summed E-state index contributed by atoms with van der Waals surface area (Å²) in [7, 11) is 1.98. The predicted octanol–water partition coefficient (Wildman–Crippen LogP) is 2.23. The molecule has 0 amide bonds. The Morgan fingerprint density at radius 2 is 1.85 bits per heavy atom. The smallest absolute Gasteiger partial charge is 0.225 e. The maximum Gasteiger partial charge on any atom is 0.225 e. The van der Waals surface area contributed by atoms with Crippen LogP contribution in [0.3, 0.4) is 0 Å². The summed E-state index contributed by atoms with van der Waals surface area (Å²) in [4.78, 5) is 10.8. The molecule has 0 atom stereocenters. The molecule has 1 aromatic rings. The quantitative estimate of drug-likeness (QED) is 0.830. The van der Waals surface area contributed by atoms with Crippen LogP contribution in [0.2, 0.25) is 0 Å². The Labute approximate surface area is 122 Å². The van der Waals surface area contributed by atoms with Gasteiger partial charge in [0.1, 0.15) is 0 Å². The van der Waals surface area contributed by atoms with Gasteiger partial charge in [-0.15, -0.1) is 0 Å². The number of nitrogens with one attached hydrogen (secondary N) is 1. The molecule has 0 spiro atoms. The lowest BCUT2D eigenvalue weighted by Gasteiger charge is -2.21.